The van der Waals surface area contributed by atoms with Crippen LogP contribution in [0.2, 0.25) is 0 Å². The number of hydrogen-bond acceptors (Lipinski definition) is 2. The van der Waals surface area contributed by atoms with Gasteiger partial charge in [0.15, 0.2) is 0 Å². The average Bonchev–Trinajstić information content (AvgIpc) is 3.01. The number of likely N-dealkylation sites (tertiary alicyclic amines) is 1. The van der Waals surface area contributed by atoms with Gasteiger partial charge >= 0.3 is 0 Å². The second-order valence-corrected chi connectivity index (χ2v) is 6.95. The van der Waals surface area contributed by atoms with E-state index in [1.165, 1.54) is 50.8 Å². The van der Waals surface area contributed by atoms with Crippen molar-refractivity contribution in [1.29, 1.82) is 0 Å². The maximum Gasteiger partial charge on any atom is 0.0355 e. The van der Waals surface area contributed by atoms with E-state index < -0.39 is 0 Å². The second-order valence-electron chi connectivity index (χ2n) is 6.95. The Morgan fingerprint density at radius 2 is 1.86 bits per heavy atom. The molecule has 21 heavy (non-hydrogen) atoms. The Kier molecular flexibility index (Phi) is 4.37. The van der Waals surface area contributed by atoms with Crippen molar-refractivity contribution in [2.45, 2.75) is 69.9 Å². The van der Waals surface area contributed by atoms with Crippen LogP contribution in [-0.2, 0) is 6.42 Å². The van der Waals surface area contributed by atoms with E-state index in [9.17, 15) is 0 Å². The van der Waals surface area contributed by atoms with Crippen molar-refractivity contribution in [3.63, 3.8) is 0 Å². The van der Waals surface area contributed by atoms with E-state index in [1.807, 2.05) is 0 Å². The Morgan fingerprint density at radius 3 is 2.48 bits per heavy atom. The van der Waals surface area contributed by atoms with Crippen molar-refractivity contribution in [3.05, 3.63) is 35.4 Å². The molecule has 1 aromatic rings. The smallest absolute Gasteiger partial charge is 0.0355 e. The lowest BCUT2D eigenvalue weighted by Gasteiger charge is -2.47. The van der Waals surface area contributed by atoms with Gasteiger partial charge in [0.2, 0.25) is 0 Å². The molecule has 2 nitrogen and oxygen atoms in total. The molecule has 0 aromatic heterocycles. The molecular formula is C19H30N2. The molecule has 1 saturated heterocycles. The third kappa shape index (κ3) is 2.53. The molecular weight excluding hydrogens is 256 g/mol. The molecule has 3 rings (SSSR count). The lowest BCUT2D eigenvalue weighted by molar-refractivity contribution is 0.0700. The van der Waals surface area contributed by atoms with E-state index in [0.717, 1.165) is 6.42 Å². The van der Waals surface area contributed by atoms with Gasteiger partial charge < -0.3 is 5.73 Å². The topological polar surface area (TPSA) is 29.3 Å². The van der Waals surface area contributed by atoms with Gasteiger partial charge in [-0.05, 0) is 68.7 Å². The minimum absolute atomic E-state index is 0.223. The first-order valence-corrected chi connectivity index (χ1v) is 8.79. The molecule has 1 aliphatic carbocycles. The number of rotatable bonds is 6. The molecule has 2 aliphatic rings. The quantitative estimate of drug-likeness (QED) is 0.864. The number of fused-ring (bicyclic) bond motifs is 1. The molecule has 1 heterocycles. The Balaban J connectivity index is 1.72. The van der Waals surface area contributed by atoms with Gasteiger partial charge in [0, 0.05) is 11.6 Å². The number of nitrogens with two attached hydrogens (primary N) is 1. The van der Waals surface area contributed by atoms with Gasteiger partial charge in [-0.2, -0.15) is 0 Å². The lowest BCUT2D eigenvalue weighted by atomic mass is 9.70. The maximum atomic E-state index is 6.78. The zero-order valence-corrected chi connectivity index (χ0v) is 13.6. The molecule has 0 bridgehead atoms. The molecule has 116 valence electrons. The van der Waals surface area contributed by atoms with E-state index in [-0.39, 0.29) is 5.54 Å². The van der Waals surface area contributed by atoms with Gasteiger partial charge in [-0.3, -0.25) is 4.90 Å². The first-order chi connectivity index (χ1) is 10.2. The predicted octanol–water partition coefficient (Wildman–Crippen LogP) is 3.70. The summed E-state index contributed by atoms with van der Waals surface area (Å²) in [6.45, 7) is 7.15. The van der Waals surface area contributed by atoms with Crippen molar-refractivity contribution < 1.29 is 0 Å². The number of hydrogen-bond donors (Lipinski definition) is 1. The van der Waals surface area contributed by atoms with Crippen LogP contribution in [-0.4, -0.2) is 29.6 Å². The van der Waals surface area contributed by atoms with Crippen molar-refractivity contribution in [3.8, 4) is 0 Å². The molecule has 0 amide bonds. The lowest BCUT2D eigenvalue weighted by Crippen LogP contribution is -2.59. The fourth-order valence-corrected chi connectivity index (χ4v) is 4.72. The molecule has 1 aliphatic heterocycles. The molecule has 1 aromatic carbocycles. The summed E-state index contributed by atoms with van der Waals surface area (Å²) in [6, 6.07) is 9.19. The normalized spacial score (nSPS) is 23.7. The summed E-state index contributed by atoms with van der Waals surface area (Å²) in [4.78, 5) is 2.70. The highest BCUT2D eigenvalue weighted by Crippen LogP contribution is 2.41. The Hall–Kier alpha value is -0.860. The van der Waals surface area contributed by atoms with Gasteiger partial charge in [0.05, 0.1) is 0 Å². The molecule has 0 saturated carbocycles. The van der Waals surface area contributed by atoms with Crippen LogP contribution in [0.4, 0.5) is 0 Å². The summed E-state index contributed by atoms with van der Waals surface area (Å²) in [5.74, 6) is 0.691. The fourth-order valence-electron chi connectivity index (χ4n) is 4.72. The van der Waals surface area contributed by atoms with Gasteiger partial charge in [-0.25, -0.2) is 0 Å². The Morgan fingerprint density at radius 1 is 1.19 bits per heavy atom. The summed E-state index contributed by atoms with van der Waals surface area (Å²) in [6.07, 6.45) is 7.43. The Labute approximate surface area is 129 Å². The standard InChI is InChI=1S/C19H30N2/c1-3-19(4-2,21-11-7-8-12-21)18(20)14-16-13-15-9-5-6-10-17(15)16/h5-6,9-10,16,18H,3-4,7-8,11-14,20H2,1-2H3. The molecule has 2 unspecified atom stereocenters. The van der Waals surface area contributed by atoms with Crippen molar-refractivity contribution in [2.75, 3.05) is 13.1 Å². The SMILES string of the molecule is CCC(CC)(C(N)CC1Cc2ccccc21)N1CCCC1. The number of nitrogens with zero attached hydrogens (tertiary/aromatic N) is 1. The third-order valence-corrected chi connectivity index (χ3v) is 6.15. The maximum absolute atomic E-state index is 6.78. The van der Waals surface area contributed by atoms with Crippen LogP contribution in [0.3, 0.4) is 0 Å². The highest BCUT2D eigenvalue weighted by molar-refractivity contribution is 5.40. The molecule has 0 spiro atoms. The fraction of sp³-hybridized carbons (Fsp3) is 0.684. The molecule has 2 heteroatoms. The average molecular weight is 286 g/mol. The van der Waals surface area contributed by atoms with E-state index in [2.05, 4.69) is 43.0 Å². The highest BCUT2D eigenvalue weighted by atomic mass is 15.2. The van der Waals surface area contributed by atoms with Crippen molar-refractivity contribution in [1.82, 2.24) is 4.90 Å². The van der Waals surface area contributed by atoms with E-state index >= 15 is 0 Å². The molecule has 0 radical (unpaired) electrons. The second kappa shape index (κ2) is 6.10. The van der Waals surface area contributed by atoms with Crippen molar-refractivity contribution >= 4 is 0 Å². The first-order valence-electron chi connectivity index (χ1n) is 8.79. The van der Waals surface area contributed by atoms with Gasteiger partial charge in [0.25, 0.3) is 0 Å². The van der Waals surface area contributed by atoms with Crippen LogP contribution in [0.5, 0.6) is 0 Å². The van der Waals surface area contributed by atoms with Crippen LogP contribution in [0.25, 0.3) is 0 Å². The first kappa shape index (κ1) is 15.1. The van der Waals surface area contributed by atoms with Crippen LogP contribution in [0.15, 0.2) is 24.3 Å². The summed E-state index contributed by atoms with van der Waals surface area (Å²) >= 11 is 0. The summed E-state index contributed by atoms with van der Waals surface area (Å²) in [7, 11) is 0. The highest BCUT2D eigenvalue weighted by Gasteiger charge is 2.42. The molecule has 2 N–H and O–H groups in total. The van der Waals surface area contributed by atoms with Gasteiger partial charge in [-0.15, -0.1) is 0 Å². The van der Waals surface area contributed by atoms with E-state index in [4.69, 9.17) is 5.73 Å². The van der Waals surface area contributed by atoms with Gasteiger partial charge in [-0.1, -0.05) is 38.1 Å². The summed E-state index contributed by atoms with van der Waals surface area (Å²) in [5, 5.41) is 0. The minimum Gasteiger partial charge on any atom is -0.326 e. The predicted molar refractivity (Wildman–Crippen MR) is 89.6 cm³/mol. The molecule has 2 atom stereocenters. The van der Waals surface area contributed by atoms with Gasteiger partial charge in [0.1, 0.15) is 0 Å². The Bertz CT molecular complexity index is 472. The van der Waals surface area contributed by atoms with E-state index in [0.29, 0.717) is 12.0 Å². The van der Waals surface area contributed by atoms with Crippen LogP contribution >= 0.6 is 0 Å². The largest absolute Gasteiger partial charge is 0.326 e. The number of benzene rings is 1. The summed E-state index contributed by atoms with van der Waals surface area (Å²) in [5.41, 5.74) is 10.1. The van der Waals surface area contributed by atoms with Crippen molar-refractivity contribution in [2.24, 2.45) is 5.73 Å². The van der Waals surface area contributed by atoms with Crippen LogP contribution < -0.4 is 5.73 Å². The zero-order valence-electron chi connectivity index (χ0n) is 13.6. The minimum atomic E-state index is 0.223. The molecule has 1 fully saturated rings. The zero-order chi connectivity index (χ0) is 14.9. The monoisotopic (exact) mass is 286 g/mol. The van der Waals surface area contributed by atoms with Crippen LogP contribution in [0, 0.1) is 0 Å². The van der Waals surface area contributed by atoms with Crippen LogP contribution in [0.1, 0.15) is 63.0 Å². The third-order valence-electron chi connectivity index (χ3n) is 6.15. The van der Waals surface area contributed by atoms with E-state index in [1.54, 1.807) is 5.56 Å². The summed E-state index contributed by atoms with van der Waals surface area (Å²) < 4.78 is 0.